The number of alkyl halides is 3. The molecule has 0 saturated heterocycles. The summed E-state index contributed by atoms with van der Waals surface area (Å²) in [5, 5.41) is 13.1. The van der Waals surface area contributed by atoms with Crippen LogP contribution in [0.3, 0.4) is 0 Å². The zero-order valence-corrected chi connectivity index (χ0v) is 9.55. The van der Waals surface area contributed by atoms with Gasteiger partial charge in [-0.1, -0.05) is 18.2 Å². The van der Waals surface area contributed by atoms with Crippen molar-refractivity contribution >= 4 is 23.0 Å². The Morgan fingerprint density at radius 2 is 2.22 bits per heavy atom. The van der Waals surface area contributed by atoms with E-state index in [1.807, 2.05) is 0 Å². The molecule has 0 aliphatic rings. The second-order valence-corrected chi connectivity index (χ2v) is 3.75. The fourth-order valence-corrected chi connectivity index (χ4v) is 1.15. The van der Waals surface area contributed by atoms with Gasteiger partial charge in [0.1, 0.15) is 17.6 Å². The molecule has 0 atom stereocenters. The minimum atomic E-state index is -4.68. The van der Waals surface area contributed by atoms with Crippen LogP contribution < -0.4 is 5.32 Å². The largest absolute Gasteiger partial charge is 0.433 e. The zero-order chi connectivity index (χ0) is 13.9. The number of nitrogens with zero attached hydrogens (tertiary/aromatic N) is 2. The van der Waals surface area contributed by atoms with Crippen molar-refractivity contribution in [3.8, 4) is 0 Å². The number of aromatic nitrogens is 1. The molecule has 0 saturated carbocycles. The number of nitro groups is 1. The highest BCUT2D eigenvalue weighted by Crippen LogP contribution is 2.32. The Bertz CT molecular complexity index is 490. The van der Waals surface area contributed by atoms with Crippen LogP contribution in [-0.2, 0) is 6.18 Å². The Labute approximate surface area is 104 Å². The van der Waals surface area contributed by atoms with E-state index in [0.717, 1.165) is 0 Å². The van der Waals surface area contributed by atoms with E-state index in [4.69, 9.17) is 11.6 Å². The third kappa shape index (κ3) is 3.59. The molecule has 98 valence electrons. The first-order valence-corrected chi connectivity index (χ1v) is 4.88. The Hall–Kier alpha value is -1.83. The molecule has 0 aliphatic carbocycles. The fourth-order valence-electron chi connectivity index (χ4n) is 1.08. The van der Waals surface area contributed by atoms with E-state index in [-0.39, 0.29) is 17.3 Å². The number of rotatable bonds is 4. The summed E-state index contributed by atoms with van der Waals surface area (Å²) in [6.45, 7) is 3.22. The van der Waals surface area contributed by atoms with E-state index in [0.29, 0.717) is 12.3 Å². The van der Waals surface area contributed by atoms with E-state index in [2.05, 4.69) is 16.9 Å². The van der Waals surface area contributed by atoms with Gasteiger partial charge in [0.15, 0.2) is 0 Å². The number of hydrogen-bond acceptors (Lipinski definition) is 4. The van der Waals surface area contributed by atoms with Crippen molar-refractivity contribution in [1.82, 2.24) is 4.98 Å². The number of hydrogen-bond donors (Lipinski definition) is 1. The van der Waals surface area contributed by atoms with Gasteiger partial charge in [0.2, 0.25) is 0 Å². The van der Waals surface area contributed by atoms with Gasteiger partial charge in [-0.05, 0) is 6.07 Å². The topological polar surface area (TPSA) is 68.1 Å². The van der Waals surface area contributed by atoms with Crippen LogP contribution in [0.4, 0.5) is 24.5 Å². The summed E-state index contributed by atoms with van der Waals surface area (Å²) < 4.78 is 37.2. The maximum Gasteiger partial charge on any atom is 0.433 e. The average Bonchev–Trinajstić information content (AvgIpc) is 2.24. The van der Waals surface area contributed by atoms with Crippen LogP contribution in [-0.4, -0.2) is 16.5 Å². The highest BCUT2D eigenvalue weighted by molar-refractivity contribution is 6.29. The van der Waals surface area contributed by atoms with Crippen molar-refractivity contribution in [3.63, 3.8) is 0 Å². The summed E-state index contributed by atoms with van der Waals surface area (Å²) in [6.07, 6.45) is -4.13. The fraction of sp³-hybridized carbons (Fsp3) is 0.222. The van der Waals surface area contributed by atoms with E-state index < -0.39 is 22.5 Å². The van der Waals surface area contributed by atoms with E-state index in [1.54, 1.807) is 0 Å². The molecule has 0 unspecified atom stereocenters. The highest BCUT2D eigenvalue weighted by atomic mass is 35.5. The Morgan fingerprint density at radius 3 is 2.67 bits per heavy atom. The summed E-state index contributed by atoms with van der Waals surface area (Å²) >= 11 is 5.42. The van der Waals surface area contributed by atoms with Crippen molar-refractivity contribution in [2.45, 2.75) is 6.18 Å². The van der Waals surface area contributed by atoms with Crippen LogP contribution in [0.1, 0.15) is 5.69 Å². The molecule has 9 heteroatoms. The molecule has 0 spiro atoms. The smallest absolute Gasteiger partial charge is 0.374 e. The Balaban J connectivity index is 3.15. The number of anilines is 1. The minimum Gasteiger partial charge on any atom is -0.374 e. The van der Waals surface area contributed by atoms with E-state index >= 15 is 0 Å². The molecule has 1 rings (SSSR count). The predicted molar refractivity (Wildman–Crippen MR) is 59.4 cm³/mol. The van der Waals surface area contributed by atoms with Gasteiger partial charge in [0.05, 0.1) is 11.5 Å². The van der Waals surface area contributed by atoms with Crippen LogP contribution in [0.2, 0.25) is 0 Å². The van der Waals surface area contributed by atoms with Gasteiger partial charge >= 0.3 is 11.9 Å². The summed E-state index contributed by atoms with van der Waals surface area (Å²) in [4.78, 5) is 12.8. The first-order valence-electron chi connectivity index (χ1n) is 4.50. The standard InChI is InChI=1S/C9H7ClF3N3O2/c1-5(10)3-14-6-2-8(9(11,12)13)15-4-7(6)16(17)18/h2,4H,1,3H2,(H,14,15). The van der Waals surface area contributed by atoms with Crippen LogP contribution in [0.25, 0.3) is 0 Å². The van der Waals surface area contributed by atoms with Crippen LogP contribution >= 0.6 is 11.6 Å². The van der Waals surface area contributed by atoms with Gasteiger partial charge in [0, 0.05) is 5.03 Å². The number of halogens is 4. The maximum atomic E-state index is 12.4. The molecule has 0 amide bonds. The molecule has 5 nitrogen and oxygen atoms in total. The van der Waals surface area contributed by atoms with Crippen molar-refractivity contribution in [3.05, 3.63) is 39.7 Å². The molecule has 0 fully saturated rings. The molecule has 0 aromatic carbocycles. The molecule has 0 bridgehead atoms. The lowest BCUT2D eigenvalue weighted by atomic mass is 10.2. The maximum absolute atomic E-state index is 12.4. The highest BCUT2D eigenvalue weighted by Gasteiger charge is 2.34. The van der Waals surface area contributed by atoms with Gasteiger partial charge in [-0.3, -0.25) is 10.1 Å². The Kier molecular flexibility index (Phi) is 4.12. The van der Waals surface area contributed by atoms with Crippen LogP contribution in [0.15, 0.2) is 23.9 Å². The second-order valence-electron chi connectivity index (χ2n) is 3.21. The first-order chi connectivity index (χ1) is 8.21. The van der Waals surface area contributed by atoms with Gasteiger partial charge in [-0.2, -0.15) is 13.2 Å². The molecule has 1 heterocycles. The zero-order valence-electron chi connectivity index (χ0n) is 8.79. The lowest BCUT2D eigenvalue weighted by molar-refractivity contribution is -0.384. The third-order valence-corrected chi connectivity index (χ3v) is 1.97. The minimum absolute atomic E-state index is 0.0935. The van der Waals surface area contributed by atoms with Crippen molar-refractivity contribution in [2.75, 3.05) is 11.9 Å². The lowest BCUT2D eigenvalue weighted by Gasteiger charge is -2.09. The first kappa shape index (κ1) is 14.2. The number of nitrogens with one attached hydrogen (secondary N) is 1. The molecule has 0 radical (unpaired) electrons. The lowest BCUT2D eigenvalue weighted by Crippen LogP contribution is -2.11. The van der Waals surface area contributed by atoms with Gasteiger partial charge in [0.25, 0.3) is 0 Å². The summed E-state index contributed by atoms with van der Waals surface area (Å²) in [5.74, 6) is 0. The SMILES string of the molecule is C=C(Cl)CNc1cc(C(F)(F)F)ncc1[N+](=O)[O-]. The normalized spacial score (nSPS) is 11.1. The summed E-state index contributed by atoms with van der Waals surface area (Å²) in [6, 6.07) is 0.554. The van der Waals surface area contributed by atoms with E-state index in [1.165, 1.54) is 0 Å². The van der Waals surface area contributed by atoms with E-state index in [9.17, 15) is 23.3 Å². The van der Waals surface area contributed by atoms with Gasteiger partial charge in [-0.25, -0.2) is 4.98 Å². The molecule has 1 N–H and O–H groups in total. The number of pyridine rings is 1. The molecular formula is C9H7ClF3N3O2. The predicted octanol–water partition coefficient (Wildman–Crippen LogP) is 3.17. The van der Waals surface area contributed by atoms with Crippen LogP contribution in [0.5, 0.6) is 0 Å². The monoisotopic (exact) mass is 281 g/mol. The molecular weight excluding hydrogens is 275 g/mol. The van der Waals surface area contributed by atoms with Crippen LogP contribution in [0, 0.1) is 10.1 Å². The van der Waals surface area contributed by atoms with Crippen molar-refractivity contribution in [2.24, 2.45) is 0 Å². The third-order valence-electron chi connectivity index (χ3n) is 1.84. The van der Waals surface area contributed by atoms with Gasteiger partial charge in [-0.15, -0.1) is 0 Å². The average molecular weight is 282 g/mol. The molecule has 1 aromatic rings. The summed E-state index contributed by atoms with van der Waals surface area (Å²) in [5.41, 5.74) is -2.11. The van der Waals surface area contributed by atoms with Crippen molar-refractivity contribution in [1.29, 1.82) is 0 Å². The van der Waals surface area contributed by atoms with Crippen molar-refractivity contribution < 1.29 is 18.1 Å². The molecule has 18 heavy (non-hydrogen) atoms. The quantitative estimate of drug-likeness (QED) is 0.680. The Morgan fingerprint density at radius 1 is 1.61 bits per heavy atom. The van der Waals surface area contributed by atoms with Gasteiger partial charge < -0.3 is 5.32 Å². The molecule has 0 aliphatic heterocycles. The second kappa shape index (κ2) is 5.21. The molecule has 1 aromatic heterocycles. The summed E-state index contributed by atoms with van der Waals surface area (Å²) in [7, 11) is 0.